The number of nitrogens with zero attached hydrogens (tertiary/aromatic N) is 6. The zero-order valence-corrected chi connectivity index (χ0v) is 20.1. The molecule has 0 saturated heterocycles. The second kappa shape index (κ2) is 12.8. The summed E-state index contributed by atoms with van der Waals surface area (Å²) in [5.41, 5.74) is -2.22. The Labute approximate surface area is 194 Å². The van der Waals surface area contributed by atoms with Gasteiger partial charge in [-0.05, 0) is 34.6 Å². The van der Waals surface area contributed by atoms with Crippen LogP contribution >= 0.6 is 25.3 Å². The van der Waals surface area contributed by atoms with Crippen molar-refractivity contribution in [3.8, 4) is 0 Å². The minimum Gasteiger partial charge on any atom is -0.351 e. The van der Waals surface area contributed by atoms with Crippen molar-refractivity contribution in [3.63, 3.8) is 0 Å². The van der Waals surface area contributed by atoms with Crippen molar-refractivity contribution in [2.24, 2.45) is 20.4 Å². The molecule has 178 valence electrons. The molecular weight excluding hydrogens is 471 g/mol. The summed E-state index contributed by atoms with van der Waals surface area (Å²) >= 11 is 8.38. The highest BCUT2D eigenvalue weighted by Gasteiger charge is 2.30. The van der Waals surface area contributed by atoms with Gasteiger partial charge in [-0.25, -0.2) is 22.0 Å². The second-order valence-corrected chi connectivity index (χ2v) is 7.02. The molecule has 0 bridgehead atoms. The maximum Gasteiger partial charge on any atom is 0.200 e. The zero-order chi connectivity index (χ0) is 24.6. The molecule has 0 amide bonds. The summed E-state index contributed by atoms with van der Waals surface area (Å²) in [4.78, 5) is 3.37. The Hall–Kier alpha value is -2.15. The van der Waals surface area contributed by atoms with E-state index in [2.05, 4.69) is 45.7 Å². The van der Waals surface area contributed by atoms with Crippen LogP contribution in [0.25, 0.3) is 0 Å². The summed E-state index contributed by atoms with van der Waals surface area (Å²) in [6, 6.07) is 0. The minimum absolute atomic E-state index is 0.0747. The summed E-state index contributed by atoms with van der Waals surface area (Å²) in [6.07, 6.45) is 0. The fraction of sp³-hybridized carbons (Fsp3) is 0.474. The van der Waals surface area contributed by atoms with Gasteiger partial charge in [-0.1, -0.05) is 0 Å². The van der Waals surface area contributed by atoms with Gasteiger partial charge in [0, 0.05) is 26.2 Å². The molecule has 0 aliphatic carbocycles. The van der Waals surface area contributed by atoms with E-state index in [1.165, 1.54) is 6.92 Å². The number of hydrogen-bond acceptors (Lipinski definition) is 4. The first-order chi connectivity index (χ1) is 15.0. The SMILES string of the molecule is CCN(CC)/C(S)=N/N=C(C)/C(=N/N=C(\S)N(CC)CC)c1c(F)c(F)c(F)c(F)c1F. The van der Waals surface area contributed by atoms with E-state index in [1.807, 2.05) is 27.7 Å². The Morgan fingerprint density at radius 1 is 0.625 bits per heavy atom. The lowest BCUT2D eigenvalue weighted by atomic mass is 10.0. The summed E-state index contributed by atoms with van der Waals surface area (Å²) in [5.74, 6) is -10.6. The van der Waals surface area contributed by atoms with E-state index in [0.29, 0.717) is 26.2 Å². The standard InChI is InChI=1S/C19H25F5N6S2/c1-6-29(7-2)18(31)27-25-10(5)17(26-28-19(32)30(8-3)9-4)11-12(20)14(22)16(24)15(23)13(11)21/h6-9H2,1-5H3,(H,27,31)(H,28,32)/b25-10+,26-17-. The molecule has 0 radical (unpaired) electrons. The van der Waals surface area contributed by atoms with Crippen molar-refractivity contribution >= 4 is 47.0 Å². The van der Waals surface area contributed by atoms with E-state index < -0.39 is 40.4 Å². The van der Waals surface area contributed by atoms with E-state index in [4.69, 9.17) is 0 Å². The number of amidine groups is 2. The lowest BCUT2D eigenvalue weighted by Gasteiger charge is -2.18. The molecule has 6 nitrogen and oxygen atoms in total. The molecule has 0 aromatic heterocycles. The molecule has 1 aromatic carbocycles. The van der Waals surface area contributed by atoms with E-state index in [-0.39, 0.29) is 16.0 Å². The van der Waals surface area contributed by atoms with Crippen molar-refractivity contribution in [1.29, 1.82) is 0 Å². The molecule has 32 heavy (non-hydrogen) atoms. The normalized spacial score (nSPS) is 13.6. The number of rotatable bonds is 8. The lowest BCUT2D eigenvalue weighted by molar-refractivity contribution is 0.377. The Morgan fingerprint density at radius 3 is 1.34 bits per heavy atom. The first kappa shape index (κ1) is 27.9. The number of benzene rings is 1. The number of thiol groups is 2. The average molecular weight is 497 g/mol. The van der Waals surface area contributed by atoms with Gasteiger partial charge in [0.05, 0.1) is 11.3 Å². The van der Waals surface area contributed by atoms with Crippen molar-refractivity contribution in [1.82, 2.24) is 9.80 Å². The topological polar surface area (TPSA) is 55.9 Å². The highest BCUT2D eigenvalue weighted by molar-refractivity contribution is 7.97. The molecule has 0 atom stereocenters. The number of halogens is 5. The van der Waals surface area contributed by atoms with Gasteiger partial charge in [0.15, 0.2) is 33.6 Å². The molecule has 13 heteroatoms. The van der Waals surface area contributed by atoms with Gasteiger partial charge in [0.2, 0.25) is 5.82 Å². The van der Waals surface area contributed by atoms with Crippen molar-refractivity contribution in [2.45, 2.75) is 34.6 Å². The summed E-state index contributed by atoms with van der Waals surface area (Å²) in [5, 5.41) is 15.4. The van der Waals surface area contributed by atoms with Crippen LogP contribution in [0.5, 0.6) is 0 Å². The van der Waals surface area contributed by atoms with E-state index >= 15 is 0 Å². The lowest BCUT2D eigenvalue weighted by Crippen LogP contribution is -2.27. The average Bonchev–Trinajstić information content (AvgIpc) is 2.78. The Bertz CT molecular complexity index is 912. The maximum absolute atomic E-state index is 14.5. The molecule has 0 fully saturated rings. The molecule has 0 saturated carbocycles. The van der Waals surface area contributed by atoms with Crippen LogP contribution in [0.1, 0.15) is 40.2 Å². The predicted molar refractivity (Wildman–Crippen MR) is 125 cm³/mol. The van der Waals surface area contributed by atoms with Crippen LogP contribution in [0.4, 0.5) is 22.0 Å². The molecular formula is C19H25F5N6S2. The molecule has 0 spiro atoms. The van der Waals surface area contributed by atoms with Crippen molar-refractivity contribution in [3.05, 3.63) is 34.6 Å². The van der Waals surface area contributed by atoms with Crippen LogP contribution < -0.4 is 0 Å². The van der Waals surface area contributed by atoms with Crippen molar-refractivity contribution < 1.29 is 22.0 Å². The molecule has 0 aliphatic rings. The number of hydrogen-bond donors (Lipinski definition) is 2. The fourth-order valence-electron chi connectivity index (χ4n) is 2.52. The van der Waals surface area contributed by atoms with Crippen LogP contribution in [0, 0.1) is 29.1 Å². The predicted octanol–water partition coefficient (Wildman–Crippen LogP) is 4.72. The zero-order valence-electron chi connectivity index (χ0n) is 18.3. The first-order valence-corrected chi connectivity index (χ1v) is 10.6. The third-order valence-electron chi connectivity index (χ3n) is 4.41. The summed E-state index contributed by atoms with van der Waals surface area (Å²) < 4.78 is 70.1. The smallest absolute Gasteiger partial charge is 0.200 e. The minimum atomic E-state index is -2.28. The highest BCUT2D eigenvalue weighted by Crippen LogP contribution is 2.24. The maximum atomic E-state index is 14.5. The van der Waals surface area contributed by atoms with E-state index in [0.717, 1.165) is 0 Å². The quantitative estimate of drug-likeness (QED) is 0.104. The van der Waals surface area contributed by atoms with Gasteiger partial charge in [-0.15, -0.1) is 40.6 Å². The Balaban J connectivity index is 3.76. The molecule has 0 aliphatic heterocycles. The van der Waals surface area contributed by atoms with Crippen LogP contribution in [-0.4, -0.2) is 57.7 Å². The summed E-state index contributed by atoms with van der Waals surface area (Å²) in [7, 11) is 0. The van der Waals surface area contributed by atoms with Gasteiger partial charge >= 0.3 is 0 Å². The van der Waals surface area contributed by atoms with Gasteiger partial charge in [-0.3, -0.25) is 0 Å². The largest absolute Gasteiger partial charge is 0.351 e. The van der Waals surface area contributed by atoms with Gasteiger partial charge in [0.25, 0.3) is 0 Å². The molecule has 1 rings (SSSR count). The van der Waals surface area contributed by atoms with Gasteiger partial charge in [0.1, 0.15) is 5.71 Å². The van der Waals surface area contributed by atoms with Gasteiger partial charge < -0.3 is 9.80 Å². The highest BCUT2D eigenvalue weighted by atomic mass is 32.1. The monoisotopic (exact) mass is 496 g/mol. The van der Waals surface area contributed by atoms with E-state index in [1.54, 1.807) is 9.80 Å². The molecule has 0 heterocycles. The second-order valence-electron chi connectivity index (χ2n) is 6.22. The summed E-state index contributed by atoms with van der Waals surface area (Å²) in [6.45, 7) is 10.7. The molecule has 1 aromatic rings. The third-order valence-corrected chi connectivity index (χ3v) is 5.16. The Morgan fingerprint density at radius 2 is 0.969 bits per heavy atom. The van der Waals surface area contributed by atoms with Crippen LogP contribution in [0.3, 0.4) is 0 Å². The molecule has 0 unspecified atom stereocenters. The van der Waals surface area contributed by atoms with Crippen LogP contribution in [0.2, 0.25) is 0 Å². The Kier molecular flexibility index (Phi) is 11.1. The fourth-order valence-corrected chi connectivity index (χ4v) is 3.17. The van der Waals surface area contributed by atoms with Crippen molar-refractivity contribution in [2.75, 3.05) is 26.2 Å². The van der Waals surface area contributed by atoms with Crippen LogP contribution in [-0.2, 0) is 0 Å². The van der Waals surface area contributed by atoms with Crippen LogP contribution in [0.15, 0.2) is 20.4 Å². The first-order valence-electron chi connectivity index (χ1n) is 9.73. The van der Waals surface area contributed by atoms with E-state index in [9.17, 15) is 22.0 Å². The molecule has 0 N–H and O–H groups in total. The van der Waals surface area contributed by atoms with Gasteiger partial charge in [-0.2, -0.15) is 5.10 Å². The third kappa shape index (κ3) is 6.44.